The Labute approximate surface area is 109 Å². The molecule has 0 aliphatic rings. The molecule has 0 aliphatic carbocycles. The van der Waals surface area contributed by atoms with Gasteiger partial charge in [-0.05, 0) is 42.8 Å². The van der Waals surface area contributed by atoms with Crippen LogP contribution in [0.4, 0.5) is 5.69 Å². The lowest BCUT2D eigenvalue weighted by molar-refractivity contribution is 0.474. The van der Waals surface area contributed by atoms with Crippen LogP contribution >= 0.6 is 15.9 Å². The second-order valence-electron chi connectivity index (χ2n) is 3.80. The van der Waals surface area contributed by atoms with Gasteiger partial charge in [-0.1, -0.05) is 28.1 Å². The number of rotatable bonds is 2. The maximum Gasteiger partial charge on any atom is 0.124 e. The second kappa shape index (κ2) is 5.15. The molecule has 0 unspecified atom stereocenters. The van der Waals surface area contributed by atoms with Crippen molar-refractivity contribution in [3.63, 3.8) is 0 Å². The van der Waals surface area contributed by atoms with Crippen molar-refractivity contribution in [1.29, 1.82) is 0 Å². The Morgan fingerprint density at radius 2 is 2.00 bits per heavy atom. The first-order chi connectivity index (χ1) is 8.15. The number of aromatic hydroxyl groups is 1. The van der Waals surface area contributed by atoms with Gasteiger partial charge in [0.2, 0.25) is 0 Å². The zero-order valence-electron chi connectivity index (χ0n) is 9.39. The van der Waals surface area contributed by atoms with Crippen LogP contribution in [0.3, 0.4) is 0 Å². The van der Waals surface area contributed by atoms with Gasteiger partial charge in [0, 0.05) is 16.3 Å². The van der Waals surface area contributed by atoms with Gasteiger partial charge >= 0.3 is 0 Å². The molecule has 1 N–H and O–H groups in total. The molecule has 2 aromatic rings. The van der Waals surface area contributed by atoms with Crippen LogP contribution in [0.25, 0.3) is 0 Å². The van der Waals surface area contributed by atoms with Crippen molar-refractivity contribution in [3.05, 3.63) is 58.1 Å². The van der Waals surface area contributed by atoms with E-state index in [0.29, 0.717) is 5.56 Å². The largest absolute Gasteiger partial charge is 0.507 e. The molecule has 17 heavy (non-hydrogen) atoms. The van der Waals surface area contributed by atoms with Gasteiger partial charge in [0.25, 0.3) is 0 Å². The number of phenolic OH excluding ortho intramolecular Hbond substituents is 1. The van der Waals surface area contributed by atoms with E-state index in [1.165, 1.54) is 0 Å². The van der Waals surface area contributed by atoms with Crippen LogP contribution in [0.5, 0.6) is 5.75 Å². The SMILES string of the molecule is Cc1cccc(N=Cc2cc(Br)ccc2O)c1. The molecule has 0 atom stereocenters. The first kappa shape index (κ1) is 11.9. The molecule has 0 saturated heterocycles. The molecule has 0 spiro atoms. The summed E-state index contributed by atoms with van der Waals surface area (Å²) < 4.78 is 0.918. The van der Waals surface area contributed by atoms with Gasteiger partial charge in [-0.15, -0.1) is 0 Å². The summed E-state index contributed by atoms with van der Waals surface area (Å²) in [5, 5.41) is 9.66. The molecule has 0 aromatic heterocycles. The van der Waals surface area contributed by atoms with Crippen molar-refractivity contribution in [2.24, 2.45) is 4.99 Å². The van der Waals surface area contributed by atoms with E-state index < -0.39 is 0 Å². The molecular weight excluding hydrogens is 278 g/mol. The summed E-state index contributed by atoms with van der Waals surface area (Å²) in [6, 6.07) is 13.2. The Kier molecular flexibility index (Phi) is 3.59. The quantitative estimate of drug-likeness (QED) is 0.825. The highest BCUT2D eigenvalue weighted by atomic mass is 79.9. The lowest BCUT2D eigenvalue weighted by atomic mass is 10.2. The van der Waals surface area contributed by atoms with E-state index in [0.717, 1.165) is 15.7 Å². The number of nitrogens with zero attached hydrogens (tertiary/aromatic N) is 1. The summed E-state index contributed by atoms with van der Waals surface area (Å²) >= 11 is 3.36. The molecule has 3 heteroatoms. The number of aryl methyl sites for hydroxylation is 1. The summed E-state index contributed by atoms with van der Waals surface area (Å²) in [4.78, 5) is 4.33. The van der Waals surface area contributed by atoms with Crippen LogP contribution in [0.2, 0.25) is 0 Å². The highest BCUT2D eigenvalue weighted by Crippen LogP contribution is 2.21. The molecule has 0 saturated carbocycles. The van der Waals surface area contributed by atoms with Crippen molar-refractivity contribution >= 4 is 27.8 Å². The van der Waals surface area contributed by atoms with Crippen molar-refractivity contribution in [1.82, 2.24) is 0 Å². The van der Waals surface area contributed by atoms with Crippen molar-refractivity contribution in [2.45, 2.75) is 6.92 Å². The monoisotopic (exact) mass is 289 g/mol. The topological polar surface area (TPSA) is 32.6 Å². The van der Waals surface area contributed by atoms with Gasteiger partial charge in [0.15, 0.2) is 0 Å². The predicted molar refractivity (Wildman–Crippen MR) is 74.2 cm³/mol. The van der Waals surface area contributed by atoms with E-state index in [9.17, 15) is 5.11 Å². The smallest absolute Gasteiger partial charge is 0.124 e. The fourth-order valence-electron chi connectivity index (χ4n) is 1.48. The molecule has 2 aromatic carbocycles. The minimum absolute atomic E-state index is 0.226. The number of hydrogen-bond donors (Lipinski definition) is 1. The van der Waals surface area contributed by atoms with Crippen molar-refractivity contribution in [2.75, 3.05) is 0 Å². The fraction of sp³-hybridized carbons (Fsp3) is 0.0714. The maximum absolute atomic E-state index is 9.66. The minimum atomic E-state index is 0.226. The highest BCUT2D eigenvalue weighted by molar-refractivity contribution is 9.10. The van der Waals surface area contributed by atoms with E-state index in [-0.39, 0.29) is 5.75 Å². The molecule has 86 valence electrons. The predicted octanol–water partition coefficient (Wildman–Crippen LogP) is 4.21. The third-order valence-electron chi connectivity index (χ3n) is 2.34. The van der Waals surface area contributed by atoms with E-state index in [1.807, 2.05) is 37.3 Å². The third kappa shape index (κ3) is 3.17. The molecule has 2 rings (SSSR count). The van der Waals surface area contributed by atoms with Crippen LogP contribution in [0.1, 0.15) is 11.1 Å². The van der Waals surface area contributed by atoms with Gasteiger partial charge in [-0.25, -0.2) is 0 Å². The van der Waals surface area contributed by atoms with E-state index >= 15 is 0 Å². The number of aliphatic imine (C=N–C) groups is 1. The average Bonchev–Trinajstić information content (AvgIpc) is 2.30. The van der Waals surface area contributed by atoms with Crippen LogP contribution in [0, 0.1) is 6.92 Å². The zero-order chi connectivity index (χ0) is 12.3. The number of phenols is 1. The standard InChI is InChI=1S/C14H12BrNO/c1-10-3-2-4-13(7-10)16-9-11-8-12(15)5-6-14(11)17/h2-9,17H,1H3. The Morgan fingerprint density at radius 1 is 1.18 bits per heavy atom. The molecule has 0 radical (unpaired) electrons. The van der Waals surface area contributed by atoms with E-state index in [1.54, 1.807) is 18.3 Å². The Morgan fingerprint density at radius 3 is 2.76 bits per heavy atom. The molecule has 2 nitrogen and oxygen atoms in total. The summed E-state index contributed by atoms with van der Waals surface area (Å²) in [6.45, 7) is 2.02. The number of halogens is 1. The Bertz CT molecular complexity index is 564. The van der Waals surface area contributed by atoms with Crippen molar-refractivity contribution < 1.29 is 5.11 Å². The first-order valence-corrected chi connectivity index (χ1v) is 6.04. The number of hydrogen-bond acceptors (Lipinski definition) is 2. The van der Waals surface area contributed by atoms with E-state index in [4.69, 9.17) is 0 Å². The molecule has 0 bridgehead atoms. The van der Waals surface area contributed by atoms with Gasteiger partial charge in [0.1, 0.15) is 5.75 Å². The summed E-state index contributed by atoms with van der Waals surface area (Å²) in [5.74, 6) is 0.226. The summed E-state index contributed by atoms with van der Waals surface area (Å²) in [6.07, 6.45) is 1.66. The summed E-state index contributed by atoms with van der Waals surface area (Å²) in [7, 11) is 0. The first-order valence-electron chi connectivity index (χ1n) is 5.24. The van der Waals surface area contributed by atoms with Crippen LogP contribution in [-0.4, -0.2) is 11.3 Å². The molecule has 0 fully saturated rings. The lowest BCUT2D eigenvalue weighted by Crippen LogP contribution is -1.82. The van der Waals surface area contributed by atoms with Crippen LogP contribution in [0.15, 0.2) is 51.9 Å². The second-order valence-corrected chi connectivity index (χ2v) is 4.72. The maximum atomic E-state index is 9.66. The minimum Gasteiger partial charge on any atom is -0.507 e. The lowest BCUT2D eigenvalue weighted by Gasteiger charge is -1.99. The van der Waals surface area contributed by atoms with Gasteiger partial charge in [0.05, 0.1) is 5.69 Å². The molecular formula is C14H12BrNO. The zero-order valence-corrected chi connectivity index (χ0v) is 11.0. The van der Waals surface area contributed by atoms with E-state index in [2.05, 4.69) is 20.9 Å². The fourth-order valence-corrected chi connectivity index (χ4v) is 1.86. The van der Waals surface area contributed by atoms with Crippen LogP contribution in [-0.2, 0) is 0 Å². The highest BCUT2D eigenvalue weighted by Gasteiger charge is 1.98. The van der Waals surface area contributed by atoms with Gasteiger partial charge in [-0.3, -0.25) is 4.99 Å². The Balaban J connectivity index is 2.29. The summed E-state index contributed by atoms with van der Waals surface area (Å²) in [5.41, 5.74) is 2.74. The normalized spacial score (nSPS) is 10.9. The molecule has 0 aliphatic heterocycles. The number of benzene rings is 2. The van der Waals surface area contributed by atoms with Crippen molar-refractivity contribution in [3.8, 4) is 5.75 Å². The molecule has 0 amide bonds. The van der Waals surface area contributed by atoms with Crippen LogP contribution < -0.4 is 0 Å². The average molecular weight is 290 g/mol. The Hall–Kier alpha value is -1.61. The van der Waals surface area contributed by atoms with Gasteiger partial charge in [-0.2, -0.15) is 0 Å². The third-order valence-corrected chi connectivity index (χ3v) is 2.84. The molecule has 0 heterocycles. The van der Waals surface area contributed by atoms with Gasteiger partial charge < -0.3 is 5.11 Å².